The summed E-state index contributed by atoms with van der Waals surface area (Å²) in [6, 6.07) is 9.86. The highest BCUT2D eigenvalue weighted by Gasteiger charge is 2.39. The Balaban J connectivity index is 3.16. The van der Waals surface area contributed by atoms with Gasteiger partial charge in [0.1, 0.15) is 0 Å². The van der Waals surface area contributed by atoms with E-state index in [1.807, 2.05) is 49.4 Å². The first kappa shape index (κ1) is 14.7. The highest BCUT2D eigenvalue weighted by Crippen LogP contribution is 2.27. The zero-order valence-electron chi connectivity index (χ0n) is 11.0. The van der Waals surface area contributed by atoms with Crippen molar-refractivity contribution in [2.45, 2.75) is 31.7 Å². The van der Waals surface area contributed by atoms with E-state index in [9.17, 15) is 9.90 Å². The summed E-state index contributed by atoms with van der Waals surface area (Å²) in [5, 5.41) is 20.1. The van der Waals surface area contributed by atoms with E-state index in [4.69, 9.17) is 5.11 Å². The summed E-state index contributed by atoms with van der Waals surface area (Å²) < 4.78 is 0. The van der Waals surface area contributed by atoms with Crippen LogP contribution in [0, 0.1) is 0 Å². The minimum absolute atomic E-state index is 0.331. The van der Waals surface area contributed by atoms with Crippen LogP contribution in [0.5, 0.6) is 0 Å². The summed E-state index contributed by atoms with van der Waals surface area (Å²) in [5.41, 5.74) is -0.331. The maximum atomic E-state index is 11.0. The highest BCUT2D eigenvalue weighted by atomic mass is 28.3. The van der Waals surface area contributed by atoms with Gasteiger partial charge in [0.25, 0.3) is 0 Å². The van der Waals surface area contributed by atoms with Crippen molar-refractivity contribution in [1.29, 1.82) is 0 Å². The lowest BCUT2D eigenvalue weighted by Gasteiger charge is -2.32. The Bertz CT molecular complexity index is 426. The Morgan fingerprint density at radius 1 is 1.28 bits per heavy atom. The van der Waals surface area contributed by atoms with Crippen LogP contribution in [0.1, 0.15) is 6.92 Å². The molecule has 0 aromatic heterocycles. The Kier molecular flexibility index (Phi) is 4.87. The van der Waals surface area contributed by atoms with E-state index >= 15 is 0 Å². The maximum Gasteiger partial charge on any atom is 0.332 e. The van der Waals surface area contributed by atoms with Gasteiger partial charge in [-0.2, -0.15) is 0 Å². The number of carboxylic acids is 1. The van der Waals surface area contributed by atoms with E-state index in [2.05, 4.69) is 13.1 Å². The predicted molar refractivity (Wildman–Crippen MR) is 75.8 cm³/mol. The standard InChI is InChI=1S/C14H20O3Si/c1-4-8-12(13(15)14(16)17)18(2,3)11-9-6-5-7-10-11/h4-10,12-13,15H,1-3H3,(H,16,17)/b8-4+/t12-,13+/m1/s1. The molecule has 0 radical (unpaired) electrons. The molecule has 1 aromatic carbocycles. The monoisotopic (exact) mass is 264 g/mol. The molecule has 98 valence electrons. The van der Waals surface area contributed by atoms with Crippen molar-refractivity contribution in [2.75, 3.05) is 0 Å². The van der Waals surface area contributed by atoms with Crippen LogP contribution >= 0.6 is 0 Å². The van der Waals surface area contributed by atoms with Crippen molar-refractivity contribution in [3.63, 3.8) is 0 Å². The Labute approximate surface area is 109 Å². The molecule has 18 heavy (non-hydrogen) atoms. The molecule has 0 fully saturated rings. The largest absolute Gasteiger partial charge is 0.479 e. The molecule has 0 saturated carbocycles. The fraction of sp³-hybridized carbons (Fsp3) is 0.357. The van der Waals surface area contributed by atoms with E-state index in [0.717, 1.165) is 5.19 Å². The normalized spacial score (nSPS) is 15.6. The summed E-state index contributed by atoms with van der Waals surface area (Å²) in [6.07, 6.45) is 2.29. The second-order valence-electron chi connectivity index (χ2n) is 4.92. The van der Waals surface area contributed by atoms with Crippen molar-refractivity contribution >= 4 is 19.2 Å². The zero-order valence-corrected chi connectivity index (χ0v) is 12.0. The molecular weight excluding hydrogens is 244 g/mol. The quantitative estimate of drug-likeness (QED) is 0.631. The maximum absolute atomic E-state index is 11.0. The summed E-state index contributed by atoms with van der Waals surface area (Å²) in [4.78, 5) is 11.0. The third-order valence-electron chi connectivity index (χ3n) is 3.34. The molecule has 0 aliphatic heterocycles. The van der Waals surface area contributed by atoms with Gasteiger partial charge in [0.15, 0.2) is 6.10 Å². The van der Waals surface area contributed by atoms with Gasteiger partial charge in [-0.05, 0) is 6.92 Å². The Morgan fingerprint density at radius 2 is 1.83 bits per heavy atom. The van der Waals surface area contributed by atoms with Crippen LogP contribution in [0.2, 0.25) is 18.6 Å². The second kappa shape index (κ2) is 5.98. The van der Waals surface area contributed by atoms with Gasteiger partial charge in [0.05, 0.1) is 8.07 Å². The van der Waals surface area contributed by atoms with Crippen molar-refractivity contribution in [3.8, 4) is 0 Å². The average Bonchev–Trinajstić information content (AvgIpc) is 2.36. The Morgan fingerprint density at radius 3 is 2.28 bits per heavy atom. The van der Waals surface area contributed by atoms with E-state index in [1.165, 1.54) is 0 Å². The fourth-order valence-electron chi connectivity index (χ4n) is 2.16. The number of benzene rings is 1. The minimum atomic E-state index is -2.07. The molecule has 0 aliphatic rings. The number of carboxylic acid groups (broad SMARTS) is 1. The number of hydrogen-bond donors (Lipinski definition) is 2. The third-order valence-corrected chi connectivity index (χ3v) is 7.34. The molecule has 1 aromatic rings. The summed E-state index contributed by atoms with van der Waals surface area (Å²) in [5.74, 6) is -1.16. The van der Waals surface area contributed by atoms with Crippen LogP contribution in [0.3, 0.4) is 0 Å². The van der Waals surface area contributed by atoms with Gasteiger partial charge in [-0.1, -0.05) is 60.8 Å². The molecule has 2 N–H and O–H groups in total. The molecule has 0 bridgehead atoms. The first-order chi connectivity index (χ1) is 8.41. The molecule has 4 heteroatoms. The molecule has 0 amide bonds. The van der Waals surface area contributed by atoms with Gasteiger partial charge in [0.2, 0.25) is 0 Å². The third kappa shape index (κ3) is 3.09. The van der Waals surface area contributed by atoms with Crippen molar-refractivity contribution < 1.29 is 15.0 Å². The van der Waals surface area contributed by atoms with Crippen LogP contribution in [-0.4, -0.2) is 30.4 Å². The lowest BCUT2D eigenvalue weighted by atomic mass is 10.2. The number of rotatable bonds is 5. The number of hydrogen-bond acceptors (Lipinski definition) is 2. The first-order valence-corrected chi connectivity index (χ1v) is 9.08. The van der Waals surface area contributed by atoms with E-state index in [-0.39, 0.29) is 5.54 Å². The zero-order chi connectivity index (χ0) is 13.8. The molecule has 0 unspecified atom stereocenters. The minimum Gasteiger partial charge on any atom is -0.479 e. The molecule has 2 atom stereocenters. The van der Waals surface area contributed by atoms with Gasteiger partial charge >= 0.3 is 5.97 Å². The van der Waals surface area contributed by atoms with Gasteiger partial charge < -0.3 is 10.2 Å². The smallest absolute Gasteiger partial charge is 0.332 e. The molecule has 0 heterocycles. The van der Waals surface area contributed by atoms with E-state index in [0.29, 0.717) is 0 Å². The fourth-order valence-corrected chi connectivity index (χ4v) is 5.20. The van der Waals surface area contributed by atoms with Crippen molar-refractivity contribution in [1.82, 2.24) is 0 Å². The van der Waals surface area contributed by atoms with Crippen molar-refractivity contribution in [3.05, 3.63) is 42.5 Å². The molecular formula is C14H20O3Si. The highest BCUT2D eigenvalue weighted by molar-refractivity contribution is 6.91. The van der Waals surface area contributed by atoms with Crippen LogP contribution in [0.25, 0.3) is 0 Å². The molecule has 0 spiro atoms. The lowest BCUT2D eigenvalue weighted by Crippen LogP contribution is -2.50. The average molecular weight is 264 g/mol. The number of carbonyl (C=O) groups is 1. The van der Waals surface area contributed by atoms with Crippen LogP contribution in [0.15, 0.2) is 42.5 Å². The van der Waals surface area contributed by atoms with E-state index < -0.39 is 20.1 Å². The van der Waals surface area contributed by atoms with Gasteiger partial charge in [-0.15, -0.1) is 0 Å². The number of aliphatic hydroxyl groups excluding tert-OH is 1. The molecule has 0 aliphatic carbocycles. The summed E-state index contributed by atoms with van der Waals surface area (Å²) in [7, 11) is -2.07. The van der Waals surface area contributed by atoms with Crippen LogP contribution in [0.4, 0.5) is 0 Å². The molecule has 1 rings (SSSR count). The first-order valence-electron chi connectivity index (χ1n) is 6.00. The summed E-state index contributed by atoms with van der Waals surface area (Å²) >= 11 is 0. The SMILES string of the molecule is C/C=C/[C@H]([C@H](O)C(=O)O)[Si](C)(C)c1ccccc1. The number of allylic oxidation sites excluding steroid dienone is 1. The van der Waals surface area contributed by atoms with Gasteiger partial charge in [0, 0.05) is 5.54 Å². The molecule has 3 nitrogen and oxygen atoms in total. The summed E-state index contributed by atoms with van der Waals surface area (Å²) in [6.45, 7) is 6.01. The van der Waals surface area contributed by atoms with Crippen LogP contribution in [-0.2, 0) is 4.79 Å². The molecule has 0 saturated heterocycles. The van der Waals surface area contributed by atoms with E-state index in [1.54, 1.807) is 0 Å². The van der Waals surface area contributed by atoms with Crippen LogP contribution < -0.4 is 5.19 Å². The predicted octanol–water partition coefficient (Wildman–Crippen LogP) is 1.99. The van der Waals surface area contributed by atoms with Gasteiger partial charge in [-0.25, -0.2) is 4.79 Å². The Hall–Kier alpha value is -1.39. The number of aliphatic hydroxyl groups is 1. The second-order valence-corrected chi connectivity index (χ2v) is 9.61. The number of aliphatic carboxylic acids is 1. The lowest BCUT2D eigenvalue weighted by molar-refractivity contribution is -0.146. The van der Waals surface area contributed by atoms with Crippen molar-refractivity contribution in [2.24, 2.45) is 0 Å². The topological polar surface area (TPSA) is 57.5 Å². The van der Waals surface area contributed by atoms with Gasteiger partial charge in [-0.3, -0.25) is 0 Å².